The Morgan fingerprint density at radius 3 is 0.651 bits per heavy atom. The van der Waals surface area contributed by atoms with E-state index in [1.165, 1.54) is 36.4 Å². The molecule has 0 aliphatic rings. The molecule has 6 N–H and O–H groups in total. The third kappa shape index (κ3) is 27.7. The Balaban J connectivity index is 0.968. The van der Waals surface area contributed by atoms with Gasteiger partial charge in [0, 0.05) is 38.5 Å². The molecule has 0 spiro atoms. The molecule has 0 bridgehead atoms. The number of carboxylic acids is 4. The topological polar surface area (TPSA) is 347 Å². The second kappa shape index (κ2) is 38.9. The van der Waals surface area contributed by atoms with Crippen LogP contribution < -0.4 is 28.4 Å². The fourth-order valence-electron chi connectivity index (χ4n) is 9.03. The Morgan fingerprint density at radius 2 is 0.430 bits per heavy atom. The number of rotatable bonds is 43. The first-order valence-corrected chi connectivity index (χ1v) is 29.4. The number of carboxylic acid groups (broad SMARTS) is 4. The standard InChI is InChI=1S/C64H78O22/c65-51-35-31-43(39-47(51)61(73)74)81-55(67)25-19-13-7-1-2-8-15-21-27-57(69)83-45-33-37-53(49(41-45)63(77)78)86-60(72)30-24-18-12-6-4-10-16-22-28-58(70)84-46-34-38-54(50(42-46)64(79)80)85-59(71)29-23-17-11-5-3-9-14-20-26-56(68)82-44-32-36-52(66)48(40-44)62(75)76/h31-42,65-66H,1-30H2,(H,73,74)(H,75,76)(H,77,78)(H,79,80). The SMILES string of the molecule is O=C(CCCCCCCCCCC(=O)Oc1ccc(OC(=O)CCCCCCCCCCC(=O)Oc2ccc(OC(=O)CCCCCCCCCCC(=O)Oc3ccc(O)c(C(=O)O)c3)c(C(=O)O)c2)c(C(=O)O)c1)Oc1ccc(O)c(C(=O)O)c1. The summed E-state index contributed by atoms with van der Waals surface area (Å²) < 4.78 is 31.8. The van der Waals surface area contributed by atoms with Gasteiger partial charge in [0.1, 0.15) is 68.2 Å². The fourth-order valence-corrected chi connectivity index (χ4v) is 9.03. The molecule has 0 saturated heterocycles. The van der Waals surface area contributed by atoms with Crippen molar-refractivity contribution in [2.24, 2.45) is 0 Å². The summed E-state index contributed by atoms with van der Waals surface area (Å²) in [5.74, 6) is -9.65. The molecule has 0 aliphatic carbocycles. The van der Waals surface area contributed by atoms with Crippen molar-refractivity contribution >= 4 is 59.7 Å². The molecule has 0 amide bonds. The number of hydrogen-bond donors (Lipinski definition) is 6. The van der Waals surface area contributed by atoms with Crippen LogP contribution >= 0.6 is 0 Å². The minimum Gasteiger partial charge on any atom is -0.507 e. The Morgan fingerprint density at radius 1 is 0.244 bits per heavy atom. The maximum atomic E-state index is 12.6. The van der Waals surface area contributed by atoms with E-state index in [1.54, 1.807) is 0 Å². The molecule has 86 heavy (non-hydrogen) atoms. The quantitative estimate of drug-likeness (QED) is 0.0136. The minimum atomic E-state index is -1.36. The van der Waals surface area contributed by atoms with Crippen LogP contribution in [-0.4, -0.2) is 90.3 Å². The van der Waals surface area contributed by atoms with Crippen LogP contribution in [0.4, 0.5) is 0 Å². The number of esters is 6. The number of hydrogen-bond acceptors (Lipinski definition) is 18. The van der Waals surface area contributed by atoms with Crippen molar-refractivity contribution in [2.75, 3.05) is 0 Å². The van der Waals surface area contributed by atoms with Crippen LogP contribution in [0.5, 0.6) is 46.0 Å². The van der Waals surface area contributed by atoms with Crippen LogP contribution in [0.2, 0.25) is 0 Å². The highest BCUT2D eigenvalue weighted by Crippen LogP contribution is 2.29. The smallest absolute Gasteiger partial charge is 0.339 e. The van der Waals surface area contributed by atoms with Gasteiger partial charge in [0.05, 0.1) is 0 Å². The number of aromatic carboxylic acids is 4. The molecule has 0 saturated carbocycles. The summed E-state index contributed by atoms with van der Waals surface area (Å²) in [6.07, 6.45) is 19.6. The van der Waals surface area contributed by atoms with Crippen molar-refractivity contribution in [2.45, 2.75) is 193 Å². The summed E-state index contributed by atoms with van der Waals surface area (Å²) in [5.41, 5.74) is -1.35. The number of carbonyl (C=O) groups is 10. The predicted molar refractivity (Wildman–Crippen MR) is 309 cm³/mol. The molecule has 0 fully saturated rings. The van der Waals surface area contributed by atoms with Gasteiger partial charge >= 0.3 is 59.7 Å². The van der Waals surface area contributed by atoms with Gasteiger partial charge in [-0.1, -0.05) is 116 Å². The highest BCUT2D eigenvalue weighted by atomic mass is 16.6. The van der Waals surface area contributed by atoms with Gasteiger partial charge in [-0.05, 0) is 111 Å². The summed E-state index contributed by atoms with van der Waals surface area (Å²) in [7, 11) is 0. The third-order valence-corrected chi connectivity index (χ3v) is 13.7. The van der Waals surface area contributed by atoms with Crippen LogP contribution in [0.25, 0.3) is 0 Å². The maximum Gasteiger partial charge on any atom is 0.339 e. The Hall–Kier alpha value is -8.82. The van der Waals surface area contributed by atoms with Gasteiger partial charge in [-0.2, -0.15) is 0 Å². The van der Waals surface area contributed by atoms with E-state index in [0.717, 1.165) is 152 Å². The second-order valence-electron chi connectivity index (χ2n) is 20.7. The zero-order valence-electron chi connectivity index (χ0n) is 48.4. The molecule has 0 unspecified atom stereocenters. The molecule has 4 aromatic rings. The average Bonchev–Trinajstić information content (AvgIpc) is 3.60. The van der Waals surface area contributed by atoms with E-state index in [2.05, 4.69) is 0 Å². The van der Waals surface area contributed by atoms with E-state index in [1.807, 2.05) is 0 Å². The van der Waals surface area contributed by atoms with E-state index in [4.69, 9.17) is 38.6 Å². The zero-order chi connectivity index (χ0) is 62.6. The van der Waals surface area contributed by atoms with Crippen molar-refractivity contribution in [1.82, 2.24) is 0 Å². The lowest BCUT2D eigenvalue weighted by Crippen LogP contribution is -2.12. The molecule has 0 radical (unpaired) electrons. The molecule has 22 nitrogen and oxygen atoms in total. The van der Waals surface area contributed by atoms with Crippen LogP contribution in [0.3, 0.4) is 0 Å². The normalized spacial score (nSPS) is 10.8. The van der Waals surface area contributed by atoms with Crippen LogP contribution in [0.1, 0.15) is 234 Å². The molecule has 0 atom stereocenters. The molecule has 4 aromatic carbocycles. The lowest BCUT2D eigenvalue weighted by atomic mass is 10.1. The Kier molecular flexibility index (Phi) is 31.5. The molecule has 466 valence electrons. The lowest BCUT2D eigenvalue weighted by molar-refractivity contribution is -0.135. The predicted octanol–water partition coefficient (Wildman–Crippen LogP) is 13.1. The van der Waals surface area contributed by atoms with Gasteiger partial charge in [0.2, 0.25) is 0 Å². The van der Waals surface area contributed by atoms with E-state index in [0.29, 0.717) is 38.5 Å². The maximum absolute atomic E-state index is 12.6. The van der Waals surface area contributed by atoms with E-state index in [-0.39, 0.29) is 95.3 Å². The molecule has 22 heteroatoms. The number of benzene rings is 4. The van der Waals surface area contributed by atoms with Crippen molar-refractivity contribution < 1.29 is 107 Å². The number of phenols is 2. The fraction of sp³-hybridized carbons (Fsp3) is 0.469. The van der Waals surface area contributed by atoms with E-state index >= 15 is 0 Å². The van der Waals surface area contributed by atoms with Crippen LogP contribution in [0, 0.1) is 0 Å². The number of aromatic hydroxyl groups is 2. The second-order valence-corrected chi connectivity index (χ2v) is 20.7. The molecule has 0 aliphatic heterocycles. The van der Waals surface area contributed by atoms with Crippen molar-refractivity contribution in [3.8, 4) is 46.0 Å². The summed E-state index contributed by atoms with van der Waals surface area (Å²) in [6.45, 7) is 0. The van der Waals surface area contributed by atoms with E-state index in [9.17, 15) is 68.4 Å². The third-order valence-electron chi connectivity index (χ3n) is 13.7. The van der Waals surface area contributed by atoms with Gasteiger partial charge < -0.3 is 59.1 Å². The number of ether oxygens (including phenoxy) is 6. The Labute approximate surface area is 498 Å². The zero-order valence-corrected chi connectivity index (χ0v) is 48.4. The number of unbranched alkanes of at least 4 members (excludes halogenated alkanes) is 21. The van der Waals surface area contributed by atoms with Gasteiger partial charge in [0.25, 0.3) is 0 Å². The van der Waals surface area contributed by atoms with Gasteiger partial charge in [0.15, 0.2) is 0 Å². The van der Waals surface area contributed by atoms with Crippen LogP contribution in [0.15, 0.2) is 72.8 Å². The highest BCUT2D eigenvalue weighted by molar-refractivity contribution is 5.94. The minimum absolute atomic E-state index is 0.00984. The van der Waals surface area contributed by atoms with Gasteiger partial charge in [-0.25, -0.2) is 19.2 Å². The summed E-state index contributed by atoms with van der Waals surface area (Å²) in [6, 6.07) is 14.7. The lowest BCUT2D eigenvalue weighted by Gasteiger charge is -2.10. The van der Waals surface area contributed by atoms with Gasteiger partial charge in [-0.15, -0.1) is 0 Å². The van der Waals surface area contributed by atoms with Crippen molar-refractivity contribution in [1.29, 1.82) is 0 Å². The average molecular weight is 1200 g/mol. The van der Waals surface area contributed by atoms with Crippen molar-refractivity contribution in [3.05, 3.63) is 95.1 Å². The van der Waals surface area contributed by atoms with Crippen molar-refractivity contribution in [3.63, 3.8) is 0 Å². The first-order valence-electron chi connectivity index (χ1n) is 29.4. The number of carbonyl (C=O) groups excluding carboxylic acids is 6. The summed E-state index contributed by atoms with van der Waals surface area (Å²) in [4.78, 5) is 121. The molecule has 0 aromatic heterocycles. The van der Waals surface area contributed by atoms with E-state index < -0.39 is 71.2 Å². The highest BCUT2D eigenvalue weighted by Gasteiger charge is 2.21. The molecular formula is C64H78O22. The van der Waals surface area contributed by atoms with Crippen LogP contribution in [-0.2, 0) is 28.8 Å². The first kappa shape index (κ1) is 69.7. The largest absolute Gasteiger partial charge is 0.507 e. The molecule has 4 rings (SSSR count). The Bertz CT molecular complexity index is 2930. The molecular weight excluding hydrogens is 1120 g/mol. The molecule has 0 heterocycles. The summed E-state index contributed by atoms with van der Waals surface area (Å²) in [5, 5.41) is 56.9. The summed E-state index contributed by atoms with van der Waals surface area (Å²) >= 11 is 0. The monoisotopic (exact) mass is 1200 g/mol. The first-order chi connectivity index (χ1) is 41.3. The van der Waals surface area contributed by atoms with Gasteiger partial charge in [-0.3, -0.25) is 28.8 Å².